The quantitative estimate of drug-likeness (QED) is 0.609. The fourth-order valence-electron chi connectivity index (χ4n) is 4.54. The minimum Gasteiger partial charge on any atom is -0.308 e. The summed E-state index contributed by atoms with van der Waals surface area (Å²) in [4.78, 5) is 24.6. The number of hydrogen-bond donors (Lipinski definition) is 0. The van der Waals surface area contributed by atoms with Crippen LogP contribution in [0.1, 0.15) is 46.6 Å². The van der Waals surface area contributed by atoms with Crippen molar-refractivity contribution in [1.29, 1.82) is 0 Å². The summed E-state index contributed by atoms with van der Waals surface area (Å²) in [5.41, 5.74) is 5.42. The highest BCUT2D eigenvalue weighted by Gasteiger charge is 2.30. The Kier molecular flexibility index (Phi) is 5.22. The first kappa shape index (κ1) is 21.0. The van der Waals surface area contributed by atoms with Crippen LogP contribution in [0.4, 0.5) is 5.69 Å². The van der Waals surface area contributed by atoms with Crippen molar-refractivity contribution >= 4 is 32.7 Å². The molecule has 166 valence electrons. The smallest absolute Gasteiger partial charge is 0.258 e. The fraction of sp³-hybridized carbons (Fsp3) is 0.375. The molecule has 3 heterocycles. The number of hydrogen-bond acceptors (Lipinski definition) is 5. The Balaban J connectivity index is 1.48. The van der Waals surface area contributed by atoms with Crippen LogP contribution in [0.5, 0.6) is 0 Å². The van der Waals surface area contributed by atoms with Gasteiger partial charge in [0, 0.05) is 30.9 Å². The molecule has 1 aromatic heterocycles. The van der Waals surface area contributed by atoms with Crippen molar-refractivity contribution in [1.82, 2.24) is 14.3 Å². The van der Waals surface area contributed by atoms with Gasteiger partial charge in [0.2, 0.25) is 10.0 Å². The van der Waals surface area contributed by atoms with Crippen LogP contribution in [0.25, 0.3) is 11.0 Å². The third-order valence-corrected chi connectivity index (χ3v) is 8.33. The predicted octanol–water partition coefficient (Wildman–Crippen LogP) is 3.62. The van der Waals surface area contributed by atoms with E-state index in [0.717, 1.165) is 53.8 Å². The Morgan fingerprint density at radius 3 is 2.34 bits per heavy atom. The van der Waals surface area contributed by atoms with E-state index in [0.29, 0.717) is 35.6 Å². The summed E-state index contributed by atoms with van der Waals surface area (Å²) < 4.78 is 27.5. The van der Waals surface area contributed by atoms with E-state index in [-0.39, 0.29) is 5.91 Å². The van der Waals surface area contributed by atoms with Crippen molar-refractivity contribution in [3.8, 4) is 0 Å². The van der Waals surface area contributed by atoms with E-state index in [1.54, 1.807) is 39.5 Å². The maximum absolute atomic E-state index is 13.4. The largest absolute Gasteiger partial charge is 0.308 e. The summed E-state index contributed by atoms with van der Waals surface area (Å²) in [6, 6.07) is 10.6. The molecule has 0 spiro atoms. The number of aryl methyl sites for hydroxylation is 3. The zero-order valence-electron chi connectivity index (χ0n) is 18.3. The van der Waals surface area contributed by atoms with Crippen LogP contribution in [0.2, 0.25) is 0 Å². The molecular formula is C24H26N4O3S. The minimum atomic E-state index is -3.48. The van der Waals surface area contributed by atoms with Crippen LogP contribution in [0.3, 0.4) is 0 Å². The molecule has 1 saturated heterocycles. The Hall–Kier alpha value is -2.84. The van der Waals surface area contributed by atoms with Gasteiger partial charge in [0.05, 0.1) is 27.3 Å². The van der Waals surface area contributed by atoms with Gasteiger partial charge in [-0.1, -0.05) is 0 Å². The molecule has 1 amide bonds. The van der Waals surface area contributed by atoms with Crippen molar-refractivity contribution in [2.45, 2.75) is 44.4 Å². The second-order valence-electron chi connectivity index (χ2n) is 8.56. The number of carbonyl (C=O) groups is 1. The summed E-state index contributed by atoms with van der Waals surface area (Å²) in [6.45, 7) is 5.58. The topological polar surface area (TPSA) is 83.5 Å². The van der Waals surface area contributed by atoms with Gasteiger partial charge in [-0.2, -0.15) is 4.31 Å². The number of anilines is 1. The van der Waals surface area contributed by atoms with Crippen LogP contribution in [-0.4, -0.2) is 48.2 Å². The minimum absolute atomic E-state index is 0.108. The van der Waals surface area contributed by atoms with Crippen molar-refractivity contribution in [2.24, 2.45) is 0 Å². The van der Waals surface area contributed by atoms with Gasteiger partial charge in [0.1, 0.15) is 0 Å². The lowest BCUT2D eigenvalue weighted by atomic mass is 10.0. The van der Waals surface area contributed by atoms with Gasteiger partial charge in [0.25, 0.3) is 5.91 Å². The molecular weight excluding hydrogens is 424 g/mol. The molecule has 7 nitrogen and oxygen atoms in total. The lowest BCUT2D eigenvalue weighted by Crippen LogP contribution is -2.35. The van der Waals surface area contributed by atoms with Crippen LogP contribution < -0.4 is 4.90 Å². The molecule has 1 fully saturated rings. The molecule has 8 heteroatoms. The van der Waals surface area contributed by atoms with Gasteiger partial charge in [-0.15, -0.1) is 0 Å². The van der Waals surface area contributed by atoms with E-state index in [4.69, 9.17) is 0 Å². The highest BCUT2D eigenvalue weighted by atomic mass is 32.2. The van der Waals surface area contributed by atoms with Crippen molar-refractivity contribution < 1.29 is 13.2 Å². The average Bonchev–Trinajstić information content (AvgIpc) is 3.34. The van der Waals surface area contributed by atoms with E-state index in [1.807, 2.05) is 19.9 Å². The first-order chi connectivity index (χ1) is 15.3. The van der Waals surface area contributed by atoms with Gasteiger partial charge < -0.3 is 4.90 Å². The summed E-state index contributed by atoms with van der Waals surface area (Å²) in [5.74, 6) is -0.108. The molecule has 0 bridgehead atoms. The Labute approximate surface area is 188 Å². The number of carbonyl (C=O) groups excluding carboxylic acids is 1. The van der Waals surface area contributed by atoms with E-state index >= 15 is 0 Å². The lowest BCUT2D eigenvalue weighted by Gasteiger charge is -2.30. The van der Waals surface area contributed by atoms with Gasteiger partial charge >= 0.3 is 0 Å². The first-order valence-electron chi connectivity index (χ1n) is 11.0. The lowest BCUT2D eigenvalue weighted by molar-refractivity contribution is 0.0985. The van der Waals surface area contributed by atoms with Crippen molar-refractivity contribution in [3.63, 3.8) is 0 Å². The van der Waals surface area contributed by atoms with Crippen LogP contribution in [0.15, 0.2) is 41.3 Å². The van der Waals surface area contributed by atoms with E-state index in [1.165, 1.54) is 0 Å². The third kappa shape index (κ3) is 3.57. The fourth-order valence-corrected chi connectivity index (χ4v) is 6.11. The number of aromatic nitrogens is 2. The Morgan fingerprint density at radius 2 is 1.59 bits per heavy atom. The number of rotatable bonds is 3. The molecule has 2 aliphatic rings. The Morgan fingerprint density at radius 1 is 0.875 bits per heavy atom. The standard InChI is InChI=1S/C24H26N4O3S/c1-16-17(2)26-22-15-19(7-9-21(22)25-16)24(29)28-13-5-6-18-14-20(8-10-23(18)28)32(30,31)27-11-3-4-12-27/h7-10,14-15H,3-6,11-13H2,1-2H3. The molecule has 0 saturated carbocycles. The Bertz CT molecular complexity index is 1330. The molecule has 32 heavy (non-hydrogen) atoms. The first-order valence-corrected chi connectivity index (χ1v) is 12.5. The molecule has 0 N–H and O–H groups in total. The molecule has 0 unspecified atom stereocenters. The highest BCUT2D eigenvalue weighted by Crippen LogP contribution is 2.32. The number of nitrogens with zero attached hydrogens (tertiary/aromatic N) is 4. The molecule has 0 radical (unpaired) electrons. The predicted molar refractivity (Wildman–Crippen MR) is 123 cm³/mol. The monoisotopic (exact) mass is 450 g/mol. The maximum atomic E-state index is 13.4. The number of fused-ring (bicyclic) bond motifs is 2. The van der Waals surface area contributed by atoms with Crippen LogP contribution in [0, 0.1) is 13.8 Å². The van der Waals surface area contributed by atoms with Crippen molar-refractivity contribution in [3.05, 3.63) is 58.9 Å². The van der Waals surface area contributed by atoms with E-state index < -0.39 is 10.0 Å². The zero-order chi connectivity index (χ0) is 22.5. The second kappa shape index (κ2) is 7.94. The molecule has 0 atom stereocenters. The average molecular weight is 451 g/mol. The van der Waals surface area contributed by atoms with Crippen molar-refractivity contribution in [2.75, 3.05) is 24.5 Å². The summed E-state index contributed by atoms with van der Waals surface area (Å²) >= 11 is 0. The molecule has 2 aliphatic heterocycles. The maximum Gasteiger partial charge on any atom is 0.258 e. The zero-order valence-corrected chi connectivity index (χ0v) is 19.2. The normalized spacial score (nSPS) is 17.0. The van der Waals surface area contributed by atoms with Gasteiger partial charge in [0.15, 0.2) is 0 Å². The number of benzene rings is 2. The summed E-state index contributed by atoms with van der Waals surface area (Å²) in [6.07, 6.45) is 3.35. The number of amides is 1. The van der Waals surface area contributed by atoms with E-state index in [2.05, 4.69) is 9.97 Å². The summed E-state index contributed by atoms with van der Waals surface area (Å²) in [7, 11) is -3.48. The molecule has 2 aromatic carbocycles. The van der Waals surface area contributed by atoms with Gasteiger partial charge in [-0.3, -0.25) is 4.79 Å². The van der Waals surface area contributed by atoms with Crippen LogP contribution >= 0.6 is 0 Å². The van der Waals surface area contributed by atoms with Gasteiger partial charge in [-0.25, -0.2) is 18.4 Å². The van der Waals surface area contributed by atoms with Crippen LogP contribution in [-0.2, 0) is 16.4 Å². The number of sulfonamides is 1. The molecule has 3 aromatic rings. The second-order valence-corrected chi connectivity index (χ2v) is 10.5. The SMILES string of the molecule is Cc1nc2ccc(C(=O)N3CCCc4cc(S(=O)(=O)N5CCCC5)ccc43)cc2nc1C. The third-order valence-electron chi connectivity index (χ3n) is 6.44. The highest BCUT2D eigenvalue weighted by molar-refractivity contribution is 7.89. The molecule has 5 rings (SSSR count). The summed E-state index contributed by atoms with van der Waals surface area (Å²) in [5, 5.41) is 0. The molecule has 0 aliphatic carbocycles. The van der Waals surface area contributed by atoms with E-state index in [9.17, 15) is 13.2 Å². The van der Waals surface area contributed by atoms with Gasteiger partial charge in [-0.05, 0) is 81.5 Å².